The predicted molar refractivity (Wildman–Crippen MR) is 127 cm³/mol. The standard InChI is InChI=1S/C23H24F3IN4O2/c24-17-6-5-16(22(21(17)26)29-19-7-4-14(27)10-18(19)25)23(33)31-11-15(12-31)28-20(32)13-30-8-2-1-3-9-30/h4-7,10,15,29H,1-3,8-9,11-13H2,(H,28,32). The van der Waals surface area contributed by atoms with Crippen LogP contribution < -0.4 is 10.6 Å². The van der Waals surface area contributed by atoms with Crippen LogP contribution in [0, 0.1) is 21.0 Å². The fraction of sp³-hybridized carbons (Fsp3) is 0.391. The maximum atomic E-state index is 14.6. The van der Waals surface area contributed by atoms with Gasteiger partial charge in [-0.15, -0.1) is 0 Å². The maximum absolute atomic E-state index is 14.6. The van der Waals surface area contributed by atoms with E-state index in [4.69, 9.17) is 0 Å². The molecule has 0 aliphatic carbocycles. The van der Waals surface area contributed by atoms with Gasteiger partial charge < -0.3 is 15.5 Å². The third kappa shape index (κ3) is 5.60. The minimum atomic E-state index is -1.26. The van der Waals surface area contributed by atoms with Crippen LogP contribution in [0.15, 0.2) is 30.3 Å². The fourth-order valence-corrected chi connectivity index (χ4v) is 4.53. The molecule has 0 aromatic heterocycles. The Balaban J connectivity index is 1.40. The average Bonchev–Trinajstić information content (AvgIpc) is 2.76. The summed E-state index contributed by atoms with van der Waals surface area (Å²) in [6, 6.07) is 6.10. The molecular formula is C23H24F3IN4O2. The minimum Gasteiger partial charge on any atom is -0.350 e. The first-order valence-electron chi connectivity index (χ1n) is 10.8. The highest BCUT2D eigenvalue weighted by Crippen LogP contribution is 2.30. The van der Waals surface area contributed by atoms with Gasteiger partial charge in [0.05, 0.1) is 29.5 Å². The number of amides is 2. The summed E-state index contributed by atoms with van der Waals surface area (Å²) in [6.07, 6.45) is 3.38. The Bertz CT molecular complexity index is 1060. The Morgan fingerprint density at radius 1 is 1.00 bits per heavy atom. The Hall–Kier alpha value is -2.34. The van der Waals surface area contributed by atoms with Gasteiger partial charge in [0.15, 0.2) is 11.6 Å². The zero-order valence-electron chi connectivity index (χ0n) is 17.8. The zero-order chi connectivity index (χ0) is 23.5. The van der Waals surface area contributed by atoms with Crippen molar-refractivity contribution in [1.82, 2.24) is 15.1 Å². The number of benzene rings is 2. The SMILES string of the molecule is O=C(CN1CCCCC1)NC1CN(C(=O)c2ccc(F)c(F)c2Nc2ccc(I)cc2F)C1. The normalized spacial score (nSPS) is 16.9. The molecule has 2 aromatic rings. The Morgan fingerprint density at radius 2 is 1.73 bits per heavy atom. The summed E-state index contributed by atoms with van der Waals surface area (Å²) in [5.41, 5.74) is -0.594. The van der Waals surface area contributed by atoms with Crippen molar-refractivity contribution in [3.63, 3.8) is 0 Å². The molecule has 0 unspecified atom stereocenters. The molecule has 2 N–H and O–H groups in total. The molecule has 0 atom stereocenters. The largest absolute Gasteiger partial charge is 0.350 e. The van der Waals surface area contributed by atoms with Crippen LogP contribution >= 0.6 is 22.6 Å². The van der Waals surface area contributed by atoms with E-state index in [2.05, 4.69) is 15.5 Å². The molecular weight excluding hydrogens is 548 g/mol. The summed E-state index contributed by atoms with van der Waals surface area (Å²) in [7, 11) is 0. The molecule has 6 nitrogen and oxygen atoms in total. The van der Waals surface area contributed by atoms with Crippen LogP contribution in [0.1, 0.15) is 29.6 Å². The molecule has 2 heterocycles. The van der Waals surface area contributed by atoms with E-state index in [9.17, 15) is 22.8 Å². The van der Waals surface area contributed by atoms with E-state index in [-0.39, 0.29) is 36.3 Å². The van der Waals surface area contributed by atoms with Crippen LogP contribution in [0.3, 0.4) is 0 Å². The number of nitrogens with zero attached hydrogens (tertiary/aromatic N) is 2. The van der Waals surface area contributed by atoms with Crippen LogP contribution in [-0.2, 0) is 4.79 Å². The quantitative estimate of drug-likeness (QED) is 0.517. The smallest absolute Gasteiger partial charge is 0.256 e. The summed E-state index contributed by atoms with van der Waals surface area (Å²) in [4.78, 5) is 28.8. The lowest BCUT2D eigenvalue weighted by Crippen LogP contribution is -2.62. The Labute approximate surface area is 203 Å². The second-order valence-electron chi connectivity index (χ2n) is 8.34. The highest BCUT2D eigenvalue weighted by molar-refractivity contribution is 14.1. The summed E-state index contributed by atoms with van der Waals surface area (Å²) >= 11 is 1.93. The number of carbonyl (C=O) groups is 2. The molecule has 2 fully saturated rings. The van der Waals surface area contributed by atoms with Gasteiger partial charge in [0.1, 0.15) is 5.82 Å². The van der Waals surface area contributed by atoms with E-state index in [0.717, 1.165) is 32.0 Å². The third-order valence-electron chi connectivity index (χ3n) is 5.87. The van der Waals surface area contributed by atoms with Crippen molar-refractivity contribution in [2.75, 3.05) is 38.0 Å². The van der Waals surface area contributed by atoms with Crippen molar-refractivity contribution in [2.24, 2.45) is 0 Å². The van der Waals surface area contributed by atoms with Crippen molar-refractivity contribution >= 4 is 45.8 Å². The molecule has 2 amide bonds. The highest BCUT2D eigenvalue weighted by atomic mass is 127. The van der Waals surface area contributed by atoms with Crippen LogP contribution in [0.25, 0.3) is 0 Å². The van der Waals surface area contributed by atoms with Crippen molar-refractivity contribution < 1.29 is 22.8 Å². The van der Waals surface area contributed by atoms with Gasteiger partial charge in [-0.25, -0.2) is 13.2 Å². The molecule has 2 aromatic carbocycles. The number of anilines is 2. The van der Waals surface area contributed by atoms with Gasteiger partial charge in [0.25, 0.3) is 5.91 Å². The number of halogens is 4. The van der Waals surface area contributed by atoms with E-state index in [0.29, 0.717) is 10.1 Å². The molecule has 0 saturated carbocycles. The van der Waals surface area contributed by atoms with Crippen molar-refractivity contribution in [3.05, 3.63) is 56.9 Å². The molecule has 10 heteroatoms. The summed E-state index contributed by atoms with van der Waals surface area (Å²) < 4.78 is 43.4. The number of piperidine rings is 1. The Morgan fingerprint density at radius 3 is 2.42 bits per heavy atom. The van der Waals surface area contributed by atoms with Gasteiger partial charge in [-0.1, -0.05) is 6.42 Å². The molecule has 176 valence electrons. The molecule has 2 saturated heterocycles. The Kier molecular flexibility index (Phi) is 7.42. The van der Waals surface area contributed by atoms with E-state index < -0.39 is 29.0 Å². The highest BCUT2D eigenvalue weighted by Gasteiger charge is 2.34. The second-order valence-corrected chi connectivity index (χ2v) is 9.59. The first-order chi connectivity index (χ1) is 15.8. The lowest BCUT2D eigenvalue weighted by molar-refractivity contribution is -0.124. The second kappa shape index (κ2) is 10.3. The lowest BCUT2D eigenvalue weighted by atomic mass is 10.0. The van der Waals surface area contributed by atoms with Crippen molar-refractivity contribution in [1.29, 1.82) is 0 Å². The van der Waals surface area contributed by atoms with Crippen LogP contribution in [0.5, 0.6) is 0 Å². The lowest BCUT2D eigenvalue weighted by Gasteiger charge is -2.40. The first-order valence-corrected chi connectivity index (χ1v) is 11.9. The van der Waals surface area contributed by atoms with Crippen LogP contribution in [-0.4, -0.2) is 60.4 Å². The maximum Gasteiger partial charge on any atom is 0.256 e. The number of carbonyl (C=O) groups excluding carboxylic acids is 2. The molecule has 0 spiro atoms. The van der Waals surface area contributed by atoms with Crippen LogP contribution in [0.2, 0.25) is 0 Å². The molecule has 2 aliphatic rings. The number of rotatable bonds is 6. The minimum absolute atomic E-state index is 0.0690. The number of likely N-dealkylation sites (tertiary alicyclic amines) is 2. The third-order valence-corrected chi connectivity index (χ3v) is 6.54. The fourth-order valence-electron chi connectivity index (χ4n) is 4.08. The molecule has 2 aliphatic heterocycles. The van der Waals surface area contributed by atoms with E-state index >= 15 is 0 Å². The topological polar surface area (TPSA) is 64.7 Å². The first kappa shape index (κ1) is 23.8. The number of hydrogen-bond acceptors (Lipinski definition) is 4. The van der Waals surface area contributed by atoms with Gasteiger partial charge in [0.2, 0.25) is 5.91 Å². The summed E-state index contributed by atoms with van der Waals surface area (Å²) in [5.74, 6) is -3.66. The van der Waals surface area contributed by atoms with Crippen molar-refractivity contribution in [2.45, 2.75) is 25.3 Å². The van der Waals surface area contributed by atoms with E-state index in [1.807, 2.05) is 22.6 Å². The van der Waals surface area contributed by atoms with Gasteiger partial charge >= 0.3 is 0 Å². The number of hydrogen-bond donors (Lipinski definition) is 2. The summed E-state index contributed by atoms with van der Waals surface area (Å²) in [5, 5.41) is 5.45. The average molecular weight is 572 g/mol. The molecule has 0 bridgehead atoms. The van der Waals surface area contributed by atoms with Gasteiger partial charge in [-0.3, -0.25) is 14.5 Å². The molecule has 33 heavy (non-hydrogen) atoms. The summed E-state index contributed by atoms with van der Waals surface area (Å²) in [6.45, 7) is 2.69. The number of nitrogens with one attached hydrogen (secondary N) is 2. The monoisotopic (exact) mass is 572 g/mol. The zero-order valence-corrected chi connectivity index (χ0v) is 20.0. The van der Waals surface area contributed by atoms with E-state index in [1.54, 1.807) is 6.07 Å². The van der Waals surface area contributed by atoms with Gasteiger partial charge in [0, 0.05) is 16.7 Å². The van der Waals surface area contributed by atoms with Gasteiger partial charge in [-0.05, 0) is 78.9 Å². The van der Waals surface area contributed by atoms with Crippen molar-refractivity contribution in [3.8, 4) is 0 Å². The van der Waals surface area contributed by atoms with Crippen LogP contribution in [0.4, 0.5) is 24.5 Å². The van der Waals surface area contributed by atoms with Gasteiger partial charge in [-0.2, -0.15) is 0 Å². The predicted octanol–water partition coefficient (Wildman–Crippen LogP) is 3.88. The van der Waals surface area contributed by atoms with E-state index in [1.165, 1.54) is 29.5 Å². The molecule has 4 rings (SSSR count). The molecule has 0 radical (unpaired) electrons.